The maximum Gasteiger partial charge on any atom is 0.303 e. The van der Waals surface area contributed by atoms with Gasteiger partial charge in [0.2, 0.25) is 0 Å². The molecule has 0 aliphatic heterocycles. The fourth-order valence-corrected chi connectivity index (χ4v) is 2.23. The second-order valence-corrected chi connectivity index (χ2v) is 4.27. The van der Waals surface area contributed by atoms with Crippen molar-refractivity contribution in [1.29, 1.82) is 0 Å². The van der Waals surface area contributed by atoms with Gasteiger partial charge >= 0.3 is 5.97 Å². The zero-order valence-electron chi connectivity index (χ0n) is 9.22. The first-order valence-corrected chi connectivity index (χ1v) is 5.70. The largest absolute Gasteiger partial charge is 0.481 e. The number of hydrogen-bond donors (Lipinski definition) is 2. The van der Waals surface area contributed by atoms with Crippen LogP contribution in [0, 0.1) is 0 Å². The molecule has 0 amide bonds. The number of aromatic nitrogens is 2. The average molecular weight is 223 g/mol. The molecule has 1 aliphatic carbocycles. The molecule has 1 aromatic heterocycles. The molecule has 1 aromatic rings. The molecule has 0 fully saturated rings. The smallest absolute Gasteiger partial charge is 0.303 e. The van der Waals surface area contributed by atoms with Gasteiger partial charge in [0.25, 0.3) is 0 Å². The second-order valence-electron chi connectivity index (χ2n) is 4.27. The minimum Gasteiger partial charge on any atom is -0.481 e. The molecule has 1 heterocycles. The molecule has 5 heteroatoms. The highest BCUT2D eigenvalue weighted by Gasteiger charge is 2.20. The highest BCUT2D eigenvalue weighted by atomic mass is 16.4. The first kappa shape index (κ1) is 11.1. The molecule has 1 atom stereocenters. The standard InChI is InChI=1S/C11H17N3O2/c12-9-3-1-4-10-8(9)7-13-14(10)6-2-5-11(15)16/h7,9H,1-6,12H2,(H,15,16). The van der Waals surface area contributed by atoms with Gasteiger partial charge in [-0.3, -0.25) is 9.48 Å². The number of rotatable bonds is 4. The third kappa shape index (κ3) is 2.24. The lowest BCUT2D eigenvalue weighted by atomic mass is 9.94. The van der Waals surface area contributed by atoms with Crippen LogP contribution in [0.15, 0.2) is 6.20 Å². The molecule has 0 spiro atoms. The SMILES string of the molecule is NC1CCCc2c1cnn2CCCC(=O)O. The van der Waals surface area contributed by atoms with E-state index in [0.717, 1.165) is 24.8 Å². The van der Waals surface area contributed by atoms with E-state index in [4.69, 9.17) is 10.8 Å². The Morgan fingerprint density at radius 1 is 1.69 bits per heavy atom. The number of fused-ring (bicyclic) bond motifs is 1. The predicted molar refractivity (Wildman–Crippen MR) is 59.0 cm³/mol. The highest BCUT2D eigenvalue weighted by Crippen LogP contribution is 2.27. The number of aliphatic carboxylic acids is 1. The second kappa shape index (κ2) is 4.65. The Morgan fingerprint density at radius 3 is 3.25 bits per heavy atom. The summed E-state index contributed by atoms with van der Waals surface area (Å²) in [6, 6.07) is 0.108. The van der Waals surface area contributed by atoms with E-state index in [1.54, 1.807) is 0 Å². The maximum atomic E-state index is 10.4. The summed E-state index contributed by atoms with van der Waals surface area (Å²) in [5.74, 6) is -0.752. The molecule has 0 saturated heterocycles. The molecule has 1 aliphatic rings. The predicted octanol–water partition coefficient (Wildman–Crippen LogP) is 1.08. The molecule has 3 N–H and O–H groups in total. The van der Waals surface area contributed by atoms with Crippen molar-refractivity contribution in [2.45, 2.75) is 44.7 Å². The van der Waals surface area contributed by atoms with Gasteiger partial charge < -0.3 is 10.8 Å². The highest BCUT2D eigenvalue weighted by molar-refractivity contribution is 5.66. The van der Waals surface area contributed by atoms with Crippen molar-refractivity contribution in [3.63, 3.8) is 0 Å². The van der Waals surface area contributed by atoms with Crippen molar-refractivity contribution in [2.24, 2.45) is 5.73 Å². The van der Waals surface area contributed by atoms with Crippen molar-refractivity contribution in [3.8, 4) is 0 Å². The zero-order chi connectivity index (χ0) is 11.5. The Balaban J connectivity index is 2.02. The Labute approximate surface area is 94.2 Å². The van der Waals surface area contributed by atoms with Crippen LogP contribution < -0.4 is 5.73 Å². The number of nitrogens with zero attached hydrogens (tertiary/aromatic N) is 2. The van der Waals surface area contributed by atoms with Crippen LogP contribution in [0.4, 0.5) is 0 Å². The fourth-order valence-electron chi connectivity index (χ4n) is 2.23. The van der Waals surface area contributed by atoms with Gasteiger partial charge in [-0.25, -0.2) is 0 Å². The van der Waals surface area contributed by atoms with Crippen LogP contribution in [-0.4, -0.2) is 20.9 Å². The summed E-state index contributed by atoms with van der Waals surface area (Å²) in [4.78, 5) is 10.4. The van der Waals surface area contributed by atoms with E-state index in [2.05, 4.69) is 5.10 Å². The molecule has 2 rings (SSSR count). The van der Waals surface area contributed by atoms with Gasteiger partial charge in [0.1, 0.15) is 0 Å². The lowest BCUT2D eigenvalue weighted by Crippen LogP contribution is -2.18. The third-order valence-electron chi connectivity index (χ3n) is 3.07. The Bertz CT molecular complexity index is 387. The number of carbonyl (C=O) groups is 1. The quantitative estimate of drug-likeness (QED) is 0.800. The van der Waals surface area contributed by atoms with Crippen LogP contribution in [0.3, 0.4) is 0 Å². The molecular formula is C11H17N3O2. The van der Waals surface area contributed by atoms with Crippen LogP contribution in [-0.2, 0) is 17.8 Å². The van der Waals surface area contributed by atoms with E-state index in [9.17, 15) is 4.79 Å². The first-order valence-electron chi connectivity index (χ1n) is 5.70. The van der Waals surface area contributed by atoms with Gasteiger partial charge in [0, 0.05) is 30.3 Å². The van der Waals surface area contributed by atoms with Gasteiger partial charge in [-0.15, -0.1) is 0 Å². The summed E-state index contributed by atoms with van der Waals surface area (Å²) >= 11 is 0. The van der Waals surface area contributed by atoms with E-state index in [-0.39, 0.29) is 12.5 Å². The average Bonchev–Trinajstić information content (AvgIpc) is 2.63. The number of carboxylic acid groups (broad SMARTS) is 1. The van der Waals surface area contributed by atoms with Crippen LogP contribution >= 0.6 is 0 Å². The van der Waals surface area contributed by atoms with Crippen LogP contribution in [0.25, 0.3) is 0 Å². The molecular weight excluding hydrogens is 206 g/mol. The topological polar surface area (TPSA) is 81.1 Å². The van der Waals surface area contributed by atoms with E-state index in [1.807, 2.05) is 10.9 Å². The first-order chi connectivity index (χ1) is 7.68. The molecule has 0 radical (unpaired) electrons. The zero-order valence-corrected chi connectivity index (χ0v) is 9.22. The Hall–Kier alpha value is -1.36. The summed E-state index contributed by atoms with van der Waals surface area (Å²) < 4.78 is 1.91. The fraction of sp³-hybridized carbons (Fsp3) is 0.636. The van der Waals surface area contributed by atoms with E-state index in [1.165, 1.54) is 5.69 Å². The lowest BCUT2D eigenvalue weighted by Gasteiger charge is -2.19. The number of carboxylic acids is 1. The van der Waals surface area contributed by atoms with Gasteiger partial charge in [-0.2, -0.15) is 5.10 Å². The van der Waals surface area contributed by atoms with Crippen molar-refractivity contribution in [3.05, 3.63) is 17.5 Å². The molecule has 0 aromatic carbocycles. The number of nitrogens with two attached hydrogens (primary N) is 1. The normalized spacial score (nSPS) is 19.4. The lowest BCUT2D eigenvalue weighted by molar-refractivity contribution is -0.137. The van der Waals surface area contributed by atoms with Crippen molar-refractivity contribution in [1.82, 2.24) is 9.78 Å². The summed E-state index contributed by atoms with van der Waals surface area (Å²) in [6.07, 6.45) is 5.78. The summed E-state index contributed by atoms with van der Waals surface area (Å²) in [7, 11) is 0. The minimum atomic E-state index is -0.752. The Morgan fingerprint density at radius 2 is 2.50 bits per heavy atom. The molecule has 0 saturated carbocycles. The minimum absolute atomic E-state index is 0.108. The van der Waals surface area contributed by atoms with Crippen molar-refractivity contribution in [2.75, 3.05) is 0 Å². The Kier molecular flexibility index (Phi) is 3.24. The molecule has 5 nitrogen and oxygen atoms in total. The molecule has 88 valence electrons. The van der Waals surface area contributed by atoms with E-state index >= 15 is 0 Å². The number of aryl methyl sites for hydroxylation is 1. The van der Waals surface area contributed by atoms with Crippen molar-refractivity contribution < 1.29 is 9.90 Å². The van der Waals surface area contributed by atoms with Gasteiger partial charge in [0.15, 0.2) is 0 Å². The number of hydrogen-bond acceptors (Lipinski definition) is 3. The summed E-state index contributed by atoms with van der Waals surface area (Å²) in [5.41, 5.74) is 8.33. The maximum absolute atomic E-state index is 10.4. The molecule has 0 bridgehead atoms. The van der Waals surface area contributed by atoms with Crippen molar-refractivity contribution >= 4 is 5.97 Å². The summed E-state index contributed by atoms with van der Waals surface area (Å²) in [5, 5.41) is 12.9. The monoisotopic (exact) mass is 223 g/mol. The molecule has 1 unspecified atom stereocenters. The van der Waals surface area contributed by atoms with E-state index in [0.29, 0.717) is 13.0 Å². The summed E-state index contributed by atoms with van der Waals surface area (Å²) in [6.45, 7) is 0.675. The van der Waals surface area contributed by atoms with Crippen LogP contribution in [0.2, 0.25) is 0 Å². The van der Waals surface area contributed by atoms with Crippen LogP contribution in [0.5, 0.6) is 0 Å². The van der Waals surface area contributed by atoms with Gasteiger partial charge in [0.05, 0.1) is 6.20 Å². The van der Waals surface area contributed by atoms with E-state index < -0.39 is 5.97 Å². The van der Waals surface area contributed by atoms with Crippen LogP contribution in [0.1, 0.15) is 43.0 Å². The third-order valence-corrected chi connectivity index (χ3v) is 3.07. The van der Waals surface area contributed by atoms with Gasteiger partial charge in [-0.1, -0.05) is 0 Å². The molecule has 16 heavy (non-hydrogen) atoms. The van der Waals surface area contributed by atoms with Gasteiger partial charge in [-0.05, 0) is 25.7 Å².